The zero-order valence-electron chi connectivity index (χ0n) is 8.41. The summed E-state index contributed by atoms with van der Waals surface area (Å²) in [5.74, 6) is 0.610. The first-order valence-electron chi connectivity index (χ1n) is 5.19. The summed E-state index contributed by atoms with van der Waals surface area (Å²) < 4.78 is 0. The van der Waals surface area contributed by atoms with E-state index < -0.39 is 0 Å². The summed E-state index contributed by atoms with van der Waals surface area (Å²) in [4.78, 5) is 0. The molecule has 2 heteroatoms. The van der Waals surface area contributed by atoms with Crippen LogP contribution in [0.15, 0.2) is 24.3 Å². The molecule has 0 fully saturated rings. The van der Waals surface area contributed by atoms with E-state index in [4.69, 9.17) is 5.73 Å². The van der Waals surface area contributed by atoms with Gasteiger partial charge in [-0.3, -0.25) is 0 Å². The SMILES string of the molecule is Cl.NCC1CCCCc2ccccc21. The molecule has 0 bridgehead atoms. The van der Waals surface area contributed by atoms with Crippen LogP contribution in [0.2, 0.25) is 0 Å². The lowest BCUT2D eigenvalue weighted by Gasteiger charge is -2.14. The van der Waals surface area contributed by atoms with E-state index in [-0.39, 0.29) is 12.4 Å². The fourth-order valence-corrected chi connectivity index (χ4v) is 2.27. The van der Waals surface area contributed by atoms with E-state index in [1.54, 1.807) is 0 Å². The molecule has 0 aliphatic heterocycles. The van der Waals surface area contributed by atoms with Crippen molar-refractivity contribution < 1.29 is 0 Å². The summed E-state index contributed by atoms with van der Waals surface area (Å²) in [5.41, 5.74) is 8.81. The Bertz CT molecular complexity index is 285. The van der Waals surface area contributed by atoms with E-state index in [0.29, 0.717) is 5.92 Å². The Labute approximate surface area is 92.1 Å². The van der Waals surface area contributed by atoms with Crippen LogP contribution in [0.25, 0.3) is 0 Å². The Hall–Kier alpha value is -0.530. The molecule has 0 amide bonds. The normalized spacial score (nSPS) is 20.5. The Morgan fingerprint density at radius 2 is 2.00 bits per heavy atom. The summed E-state index contributed by atoms with van der Waals surface area (Å²) in [5, 5.41) is 0. The first-order valence-corrected chi connectivity index (χ1v) is 5.19. The molecule has 1 unspecified atom stereocenters. The second-order valence-electron chi connectivity index (χ2n) is 3.88. The molecule has 0 saturated heterocycles. The molecule has 1 aliphatic carbocycles. The maximum atomic E-state index is 5.79. The van der Waals surface area contributed by atoms with Gasteiger partial charge in [0.15, 0.2) is 0 Å². The lowest BCUT2D eigenvalue weighted by Crippen LogP contribution is -2.12. The molecule has 2 rings (SSSR count). The van der Waals surface area contributed by atoms with Crippen LogP contribution in [0.4, 0.5) is 0 Å². The van der Waals surface area contributed by atoms with Crippen molar-refractivity contribution in [2.45, 2.75) is 31.6 Å². The van der Waals surface area contributed by atoms with Crippen molar-refractivity contribution >= 4 is 12.4 Å². The minimum atomic E-state index is 0. The van der Waals surface area contributed by atoms with E-state index in [1.165, 1.54) is 36.8 Å². The third-order valence-electron chi connectivity index (χ3n) is 3.03. The van der Waals surface area contributed by atoms with Crippen LogP contribution in [0.3, 0.4) is 0 Å². The molecule has 1 aromatic carbocycles. The van der Waals surface area contributed by atoms with E-state index in [1.807, 2.05) is 0 Å². The maximum absolute atomic E-state index is 5.79. The lowest BCUT2D eigenvalue weighted by atomic mass is 9.93. The highest BCUT2D eigenvalue weighted by atomic mass is 35.5. The summed E-state index contributed by atoms with van der Waals surface area (Å²) in [7, 11) is 0. The van der Waals surface area contributed by atoms with E-state index in [9.17, 15) is 0 Å². The van der Waals surface area contributed by atoms with Gasteiger partial charge in [0.05, 0.1) is 0 Å². The molecule has 1 aliphatic rings. The minimum absolute atomic E-state index is 0. The maximum Gasteiger partial charge on any atom is -0.000813 e. The number of aryl methyl sites for hydroxylation is 1. The number of nitrogens with two attached hydrogens (primary N) is 1. The van der Waals surface area contributed by atoms with Gasteiger partial charge in [-0.15, -0.1) is 12.4 Å². The lowest BCUT2D eigenvalue weighted by molar-refractivity contribution is 0.603. The molecule has 1 aromatic rings. The molecule has 78 valence electrons. The molecule has 0 radical (unpaired) electrons. The molecule has 1 nitrogen and oxygen atoms in total. The van der Waals surface area contributed by atoms with Crippen LogP contribution in [0.5, 0.6) is 0 Å². The molecular formula is C12H18ClN. The largest absolute Gasteiger partial charge is 0.330 e. The van der Waals surface area contributed by atoms with Gasteiger partial charge in [-0.1, -0.05) is 30.7 Å². The fourth-order valence-electron chi connectivity index (χ4n) is 2.27. The highest BCUT2D eigenvalue weighted by Gasteiger charge is 2.16. The van der Waals surface area contributed by atoms with Crippen molar-refractivity contribution in [3.63, 3.8) is 0 Å². The van der Waals surface area contributed by atoms with Gasteiger partial charge in [0.1, 0.15) is 0 Å². The second kappa shape index (κ2) is 5.38. The Kier molecular flexibility index (Phi) is 4.43. The summed E-state index contributed by atoms with van der Waals surface area (Å²) in [6.45, 7) is 0.803. The van der Waals surface area contributed by atoms with Gasteiger partial charge in [-0.25, -0.2) is 0 Å². The van der Waals surface area contributed by atoms with Gasteiger partial charge in [0, 0.05) is 0 Å². The van der Waals surface area contributed by atoms with Crippen LogP contribution >= 0.6 is 12.4 Å². The molecule has 0 aromatic heterocycles. The average molecular weight is 212 g/mol. The first kappa shape index (κ1) is 11.5. The Morgan fingerprint density at radius 3 is 2.79 bits per heavy atom. The monoisotopic (exact) mass is 211 g/mol. The Morgan fingerprint density at radius 1 is 1.21 bits per heavy atom. The molecule has 14 heavy (non-hydrogen) atoms. The highest BCUT2D eigenvalue weighted by molar-refractivity contribution is 5.85. The van der Waals surface area contributed by atoms with E-state index in [2.05, 4.69) is 24.3 Å². The van der Waals surface area contributed by atoms with Gasteiger partial charge in [-0.05, 0) is 42.9 Å². The average Bonchev–Trinajstić information content (AvgIpc) is 2.39. The van der Waals surface area contributed by atoms with Gasteiger partial charge in [-0.2, -0.15) is 0 Å². The van der Waals surface area contributed by atoms with Crippen molar-refractivity contribution in [1.82, 2.24) is 0 Å². The number of benzene rings is 1. The molecule has 2 N–H and O–H groups in total. The summed E-state index contributed by atoms with van der Waals surface area (Å²) in [6.07, 6.45) is 5.17. The fraction of sp³-hybridized carbons (Fsp3) is 0.500. The van der Waals surface area contributed by atoms with Crippen LogP contribution in [-0.4, -0.2) is 6.54 Å². The molecule has 0 spiro atoms. The number of rotatable bonds is 1. The third-order valence-corrected chi connectivity index (χ3v) is 3.03. The van der Waals surface area contributed by atoms with Gasteiger partial charge >= 0.3 is 0 Å². The van der Waals surface area contributed by atoms with Crippen LogP contribution in [0, 0.1) is 0 Å². The quantitative estimate of drug-likeness (QED) is 0.711. The molecule has 1 atom stereocenters. The summed E-state index contributed by atoms with van der Waals surface area (Å²) in [6, 6.07) is 8.77. The van der Waals surface area contributed by atoms with Crippen molar-refractivity contribution in [2.75, 3.05) is 6.54 Å². The molecular weight excluding hydrogens is 194 g/mol. The summed E-state index contributed by atoms with van der Waals surface area (Å²) >= 11 is 0. The van der Waals surface area contributed by atoms with E-state index >= 15 is 0 Å². The third kappa shape index (κ3) is 2.28. The number of halogens is 1. The van der Waals surface area contributed by atoms with Gasteiger partial charge in [0.25, 0.3) is 0 Å². The predicted octanol–water partition coefficient (Wildman–Crippen LogP) is 2.88. The van der Waals surface area contributed by atoms with E-state index in [0.717, 1.165) is 6.54 Å². The molecule has 0 saturated carbocycles. The second-order valence-corrected chi connectivity index (χ2v) is 3.88. The Balaban J connectivity index is 0.000000980. The number of hydrogen-bond acceptors (Lipinski definition) is 1. The minimum Gasteiger partial charge on any atom is -0.330 e. The van der Waals surface area contributed by atoms with Crippen LogP contribution in [-0.2, 0) is 6.42 Å². The van der Waals surface area contributed by atoms with Crippen LogP contribution in [0.1, 0.15) is 36.3 Å². The van der Waals surface area contributed by atoms with Crippen molar-refractivity contribution in [1.29, 1.82) is 0 Å². The van der Waals surface area contributed by atoms with Crippen molar-refractivity contribution in [3.8, 4) is 0 Å². The molecule has 0 heterocycles. The van der Waals surface area contributed by atoms with Gasteiger partial charge in [0.2, 0.25) is 0 Å². The van der Waals surface area contributed by atoms with Crippen molar-refractivity contribution in [3.05, 3.63) is 35.4 Å². The first-order chi connectivity index (χ1) is 6.42. The van der Waals surface area contributed by atoms with Crippen LogP contribution < -0.4 is 5.73 Å². The predicted molar refractivity (Wildman–Crippen MR) is 63.0 cm³/mol. The highest BCUT2D eigenvalue weighted by Crippen LogP contribution is 2.29. The van der Waals surface area contributed by atoms with Gasteiger partial charge < -0.3 is 5.73 Å². The standard InChI is InChI=1S/C12H17N.ClH/c13-9-11-7-2-1-5-10-6-3-4-8-12(10)11;/h3-4,6,8,11H,1-2,5,7,9,13H2;1H. The number of hydrogen-bond donors (Lipinski definition) is 1. The topological polar surface area (TPSA) is 26.0 Å². The zero-order chi connectivity index (χ0) is 9.10. The van der Waals surface area contributed by atoms with Crippen molar-refractivity contribution in [2.24, 2.45) is 5.73 Å². The number of fused-ring (bicyclic) bond motifs is 1. The zero-order valence-corrected chi connectivity index (χ0v) is 9.22. The smallest absolute Gasteiger partial charge is 0.000813 e.